The largest absolute Gasteiger partial charge is 0.394 e. The third-order valence-corrected chi connectivity index (χ3v) is 5.18. The molecule has 0 aliphatic heterocycles. The van der Waals surface area contributed by atoms with E-state index in [1.807, 2.05) is 0 Å². The van der Waals surface area contributed by atoms with E-state index in [1.54, 1.807) is 0 Å². The molecule has 7 heteroatoms. The smallest absolute Gasteiger partial charge is 0.243 e. The van der Waals surface area contributed by atoms with Gasteiger partial charge in [0.15, 0.2) is 5.82 Å². The number of nitrogens with one attached hydrogen (secondary N) is 1. The second kappa shape index (κ2) is 6.05. The fraction of sp³-hybridized carbons (Fsp3) is 0.538. The summed E-state index contributed by atoms with van der Waals surface area (Å²) in [7, 11) is -3.99. The molecule has 4 nitrogen and oxygen atoms in total. The van der Waals surface area contributed by atoms with Crippen molar-refractivity contribution < 1.29 is 17.2 Å². The Morgan fingerprint density at radius 1 is 1.25 bits per heavy atom. The van der Waals surface area contributed by atoms with E-state index in [4.69, 9.17) is 5.73 Å². The van der Waals surface area contributed by atoms with Gasteiger partial charge in [-0.25, -0.2) is 21.9 Å². The van der Waals surface area contributed by atoms with Crippen LogP contribution < -0.4 is 10.5 Å². The van der Waals surface area contributed by atoms with Crippen LogP contribution >= 0.6 is 0 Å². The topological polar surface area (TPSA) is 72.2 Å². The Bertz CT molecular complexity index is 584. The van der Waals surface area contributed by atoms with Crippen LogP contribution in [0.15, 0.2) is 17.0 Å². The van der Waals surface area contributed by atoms with Crippen LogP contribution in [0.5, 0.6) is 0 Å². The Morgan fingerprint density at radius 2 is 1.90 bits per heavy atom. The molecule has 0 amide bonds. The molecule has 1 aromatic rings. The van der Waals surface area contributed by atoms with Gasteiger partial charge >= 0.3 is 0 Å². The number of benzene rings is 1. The van der Waals surface area contributed by atoms with Crippen molar-refractivity contribution in [1.82, 2.24) is 4.72 Å². The van der Waals surface area contributed by atoms with E-state index in [0.29, 0.717) is 5.92 Å². The molecule has 1 fully saturated rings. The number of nitrogen functional groups attached to an aromatic ring is 1. The summed E-state index contributed by atoms with van der Waals surface area (Å²) in [6.45, 7) is 0.254. The number of halogens is 2. The van der Waals surface area contributed by atoms with Gasteiger partial charge in [0.1, 0.15) is 16.4 Å². The average Bonchev–Trinajstić information content (AvgIpc) is 2.88. The molecule has 1 aliphatic rings. The maximum absolute atomic E-state index is 13.7. The van der Waals surface area contributed by atoms with Gasteiger partial charge in [-0.2, -0.15) is 0 Å². The zero-order chi connectivity index (χ0) is 14.8. The predicted octanol–water partition coefficient (Wildman–Crippen LogP) is 2.41. The van der Waals surface area contributed by atoms with Crippen molar-refractivity contribution in [3.63, 3.8) is 0 Å². The SMILES string of the molecule is Nc1c(F)ccc(S(=O)(=O)NCCC2CCCC2)c1F. The summed E-state index contributed by atoms with van der Waals surface area (Å²) in [6, 6.07) is 1.74. The molecule has 3 N–H and O–H groups in total. The molecule has 0 unspecified atom stereocenters. The summed E-state index contributed by atoms with van der Waals surface area (Å²) < 4.78 is 53.0. The molecular weight excluding hydrogens is 286 g/mol. The maximum Gasteiger partial charge on any atom is 0.243 e. The van der Waals surface area contributed by atoms with E-state index in [0.717, 1.165) is 31.4 Å². The van der Waals surface area contributed by atoms with Crippen molar-refractivity contribution in [3.8, 4) is 0 Å². The molecule has 1 aliphatic carbocycles. The number of hydrogen-bond donors (Lipinski definition) is 2. The minimum Gasteiger partial charge on any atom is -0.394 e. The monoisotopic (exact) mass is 304 g/mol. The third-order valence-electron chi connectivity index (χ3n) is 3.70. The highest BCUT2D eigenvalue weighted by Gasteiger charge is 2.23. The van der Waals surface area contributed by atoms with Gasteiger partial charge in [-0.3, -0.25) is 0 Å². The van der Waals surface area contributed by atoms with E-state index in [2.05, 4.69) is 4.72 Å². The van der Waals surface area contributed by atoms with Crippen LogP contribution in [-0.2, 0) is 10.0 Å². The van der Waals surface area contributed by atoms with Gasteiger partial charge in [-0.05, 0) is 24.5 Å². The zero-order valence-electron chi connectivity index (χ0n) is 11.0. The van der Waals surface area contributed by atoms with Gasteiger partial charge in [0.05, 0.1) is 0 Å². The number of rotatable bonds is 5. The molecule has 20 heavy (non-hydrogen) atoms. The highest BCUT2D eigenvalue weighted by molar-refractivity contribution is 7.89. The van der Waals surface area contributed by atoms with E-state index in [1.165, 1.54) is 12.8 Å². The Balaban J connectivity index is 2.04. The Hall–Kier alpha value is -1.21. The van der Waals surface area contributed by atoms with Gasteiger partial charge < -0.3 is 5.73 Å². The Morgan fingerprint density at radius 3 is 2.55 bits per heavy atom. The number of sulfonamides is 1. The van der Waals surface area contributed by atoms with Gasteiger partial charge in [-0.1, -0.05) is 25.7 Å². The lowest BCUT2D eigenvalue weighted by atomic mass is 10.1. The molecule has 0 atom stereocenters. The van der Waals surface area contributed by atoms with Gasteiger partial charge in [-0.15, -0.1) is 0 Å². The minimum absolute atomic E-state index is 0.254. The molecule has 0 spiro atoms. The number of nitrogens with two attached hydrogens (primary N) is 1. The zero-order valence-corrected chi connectivity index (χ0v) is 11.8. The van der Waals surface area contributed by atoms with Crippen LogP contribution in [0.3, 0.4) is 0 Å². The molecule has 0 saturated heterocycles. The van der Waals surface area contributed by atoms with Gasteiger partial charge in [0.2, 0.25) is 10.0 Å². The van der Waals surface area contributed by atoms with Gasteiger partial charge in [0.25, 0.3) is 0 Å². The lowest BCUT2D eigenvalue weighted by Crippen LogP contribution is -2.27. The lowest BCUT2D eigenvalue weighted by Gasteiger charge is -2.11. The summed E-state index contributed by atoms with van der Waals surface area (Å²) in [5.74, 6) is -1.67. The lowest BCUT2D eigenvalue weighted by molar-refractivity contribution is 0.493. The van der Waals surface area contributed by atoms with Crippen LogP contribution in [-0.4, -0.2) is 15.0 Å². The molecule has 1 saturated carbocycles. The molecule has 1 aromatic carbocycles. The summed E-state index contributed by atoms with van der Waals surface area (Å²) in [5, 5.41) is 0. The fourth-order valence-electron chi connectivity index (χ4n) is 2.53. The van der Waals surface area contributed by atoms with E-state index < -0.39 is 32.2 Å². The molecular formula is C13H18F2N2O2S. The first kappa shape index (κ1) is 15.2. The highest BCUT2D eigenvalue weighted by atomic mass is 32.2. The van der Waals surface area contributed by atoms with Crippen LogP contribution in [0, 0.1) is 17.6 Å². The van der Waals surface area contributed by atoms with Crippen LogP contribution in [0.4, 0.5) is 14.5 Å². The van der Waals surface area contributed by atoms with Gasteiger partial charge in [0, 0.05) is 6.54 Å². The van der Waals surface area contributed by atoms with Crippen molar-refractivity contribution in [2.24, 2.45) is 5.92 Å². The van der Waals surface area contributed by atoms with E-state index in [9.17, 15) is 17.2 Å². The second-order valence-corrected chi connectivity index (χ2v) is 6.85. The summed E-state index contributed by atoms with van der Waals surface area (Å²) in [5.41, 5.74) is 4.39. The molecule has 2 rings (SSSR count). The second-order valence-electron chi connectivity index (χ2n) is 5.11. The normalized spacial score (nSPS) is 16.7. The van der Waals surface area contributed by atoms with Crippen molar-refractivity contribution >= 4 is 15.7 Å². The Labute approximate surface area is 117 Å². The standard InChI is InChI=1S/C13H18F2N2O2S/c14-10-5-6-11(12(15)13(10)16)20(18,19)17-8-7-9-3-1-2-4-9/h5-6,9,17H,1-4,7-8,16H2. The van der Waals surface area contributed by atoms with E-state index >= 15 is 0 Å². The van der Waals surface area contributed by atoms with Crippen molar-refractivity contribution in [1.29, 1.82) is 0 Å². The number of hydrogen-bond acceptors (Lipinski definition) is 3. The summed E-state index contributed by atoms with van der Waals surface area (Å²) in [4.78, 5) is -0.608. The predicted molar refractivity (Wildman–Crippen MR) is 72.5 cm³/mol. The van der Waals surface area contributed by atoms with Crippen molar-refractivity contribution in [3.05, 3.63) is 23.8 Å². The molecule has 112 valence electrons. The maximum atomic E-state index is 13.7. The highest BCUT2D eigenvalue weighted by Crippen LogP contribution is 2.27. The van der Waals surface area contributed by atoms with E-state index in [-0.39, 0.29) is 6.54 Å². The number of anilines is 1. The Kier molecular flexibility index (Phi) is 4.59. The van der Waals surface area contributed by atoms with Crippen molar-refractivity contribution in [2.45, 2.75) is 37.0 Å². The van der Waals surface area contributed by atoms with Crippen LogP contribution in [0.2, 0.25) is 0 Å². The summed E-state index contributed by atoms with van der Waals surface area (Å²) >= 11 is 0. The first-order valence-electron chi connectivity index (χ1n) is 6.65. The molecule has 0 bridgehead atoms. The van der Waals surface area contributed by atoms with Crippen LogP contribution in [0.1, 0.15) is 32.1 Å². The first-order valence-corrected chi connectivity index (χ1v) is 8.13. The van der Waals surface area contributed by atoms with Crippen molar-refractivity contribution in [2.75, 3.05) is 12.3 Å². The molecule has 0 heterocycles. The molecule has 0 aromatic heterocycles. The average molecular weight is 304 g/mol. The van der Waals surface area contributed by atoms with Crippen LogP contribution in [0.25, 0.3) is 0 Å². The minimum atomic E-state index is -3.99. The fourth-order valence-corrected chi connectivity index (χ4v) is 3.67. The first-order chi connectivity index (χ1) is 9.42. The molecule has 0 radical (unpaired) electrons. The third kappa shape index (κ3) is 3.27. The quantitative estimate of drug-likeness (QED) is 0.821. The summed E-state index contributed by atoms with van der Waals surface area (Å²) in [6.07, 6.45) is 5.32.